The molecule has 2 N–H and O–H groups in total. The Labute approximate surface area is 124 Å². The number of benzene rings is 1. The number of allylic oxidation sites excluding steroid dienone is 2. The van der Waals surface area contributed by atoms with Crippen molar-refractivity contribution in [2.45, 2.75) is 47.5 Å². The van der Waals surface area contributed by atoms with Gasteiger partial charge in [0.1, 0.15) is 0 Å². The smallest absolute Gasteiger partial charge is 0.0346 e. The summed E-state index contributed by atoms with van der Waals surface area (Å²) >= 11 is 0. The van der Waals surface area contributed by atoms with Crippen LogP contribution < -0.4 is 5.73 Å². The van der Waals surface area contributed by atoms with Crippen molar-refractivity contribution in [3.63, 3.8) is 0 Å². The van der Waals surface area contributed by atoms with Gasteiger partial charge in [-0.15, -0.1) is 0 Å². The minimum absolute atomic E-state index is 0.873. The van der Waals surface area contributed by atoms with Gasteiger partial charge in [-0.25, -0.2) is 0 Å². The van der Waals surface area contributed by atoms with Crippen LogP contribution in [0, 0.1) is 5.92 Å². The van der Waals surface area contributed by atoms with Crippen molar-refractivity contribution in [2.75, 3.05) is 12.8 Å². The first-order valence-electron chi connectivity index (χ1n) is 7.43. The second-order valence-electron chi connectivity index (χ2n) is 5.33. The maximum absolute atomic E-state index is 5.85. The zero-order valence-electron chi connectivity index (χ0n) is 13.9. The van der Waals surface area contributed by atoms with Crippen molar-refractivity contribution in [1.82, 2.24) is 0 Å². The molecule has 0 unspecified atom stereocenters. The van der Waals surface area contributed by atoms with Crippen molar-refractivity contribution >= 4 is 17.5 Å². The van der Waals surface area contributed by atoms with Gasteiger partial charge in [-0.1, -0.05) is 40.2 Å². The summed E-state index contributed by atoms with van der Waals surface area (Å²) < 4.78 is 0. The van der Waals surface area contributed by atoms with Crippen LogP contribution in [0.4, 0.5) is 5.69 Å². The summed E-state index contributed by atoms with van der Waals surface area (Å²) in [5.41, 5.74) is 10.3. The predicted octanol–water partition coefficient (Wildman–Crippen LogP) is 4.99. The molecule has 2 nitrogen and oxygen atoms in total. The van der Waals surface area contributed by atoms with Crippen LogP contribution in [-0.2, 0) is 6.42 Å². The van der Waals surface area contributed by atoms with E-state index in [1.165, 1.54) is 23.1 Å². The van der Waals surface area contributed by atoms with Crippen molar-refractivity contribution < 1.29 is 0 Å². The number of anilines is 1. The highest BCUT2D eigenvalue weighted by molar-refractivity contribution is 5.84. The van der Waals surface area contributed by atoms with E-state index in [1.807, 2.05) is 18.2 Å². The lowest BCUT2D eigenvalue weighted by Crippen LogP contribution is -1.94. The molecule has 0 aliphatic carbocycles. The van der Waals surface area contributed by atoms with Gasteiger partial charge < -0.3 is 5.73 Å². The largest absolute Gasteiger partial charge is 0.399 e. The number of hydrogen-bond acceptors (Lipinski definition) is 2. The molecular formula is C18H30N2. The van der Waals surface area contributed by atoms with Gasteiger partial charge in [0, 0.05) is 18.9 Å². The highest BCUT2D eigenvalue weighted by Crippen LogP contribution is 2.20. The lowest BCUT2D eigenvalue weighted by atomic mass is 10.0. The maximum Gasteiger partial charge on any atom is 0.0346 e. The fraction of sp³-hybridized carbons (Fsp3) is 0.500. The van der Waals surface area contributed by atoms with E-state index in [0.29, 0.717) is 0 Å². The number of nitrogen functional groups attached to an aromatic ring is 1. The van der Waals surface area contributed by atoms with Crippen LogP contribution in [0.1, 0.15) is 52.2 Å². The zero-order chi connectivity index (χ0) is 15.5. The number of nitrogens with zero attached hydrogens (tertiary/aromatic N) is 1. The highest BCUT2D eigenvalue weighted by atomic mass is 14.6. The van der Waals surface area contributed by atoms with Crippen LogP contribution in [0.25, 0.3) is 5.57 Å². The second-order valence-corrected chi connectivity index (χ2v) is 5.33. The Morgan fingerprint density at radius 2 is 1.90 bits per heavy atom. The molecule has 0 aliphatic rings. The van der Waals surface area contributed by atoms with E-state index in [2.05, 4.69) is 45.7 Å². The molecule has 0 aromatic heterocycles. The van der Waals surface area contributed by atoms with Gasteiger partial charge in [0.25, 0.3) is 0 Å². The average Bonchev–Trinajstić information content (AvgIpc) is 2.45. The molecule has 20 heavy (non-hydrogen) atoms. The number of hydrogen-bond donors (Lipinski definition) is 1. The van der Waals surface area contributed by atoms with Gasteiger partial charge in [-0.05, 0) is 54.2 Å². The molecule has 0 amide bonds. The normalized spacial score (nSPS) is 11.7. The Balaban J connectivity index is 0.000000621. The third-order valence-electron chi connectivity index (χ3n) is 3.27. The van der Waals surface area contributed by atoms with Gasteiger partial charge >= 0.3 is 0 Å². The van der Waals surface area contributed by atoms with Crippen LogP contribution in [0.15, 0.2) is 29.3 Å². The first-order chi connectivity index (χ1) is 9.46. The minimum Gasteiger partial charge on any atom is -0.399 e. The monoisotopic (exact) mass is 274 g/mol. The Morgan fingerprint density at radius 1 is 1.30 bits per heavy atom. The topological polar surface area (TPSA) is 38.4 Å². The Kier molecular flexibility index (Phi) is 9.44. The van der Waals surface area contributed by atoms with Crippen LogP contribution in [0.2, 0.25) is 0 Å². The van der Waals surface area contributed by atoms with E-state index >= 15 is 0 Å². The van der Waals surface area contributed by atoms with E-state index in [-0.39, 0.29) is 0 Å². The molecule has 2 heteroatoms. The van der Waals surface area contributed by atoms with Crippen LogP contribution in [-0.4, -0.2) is 13.3 Å². The standard InChI is InChI=1S/C13H18N2.C5H12/c1-4-11-9-12(5-6-13(11)14)10(2)7-8-15-3;1-4-5(2)3/h5-9H,4,14H2,1-3H3;5H,4H2,1-3H3/b10-7+,15-8?;. The van der Waals surface area contributed by atoms with Crippen LogP contribution >= 0.6 is 0 Å². The average molecular weight is 274 g/mol. The molecule has 0 radical (unpaired) electrons. The second kappa shape index (κ2) is 10.2. The number of nitrogens with two attached hydrogens (primary N) is 1. The molecule has 112 valence electrons. The summed E-state index contributed by atoms with van der Waals surface area (Å²) in [5.74, 6) is 0.884. The summed E-state index contributed by atoms with van der Waals surface area (Å²) in [5, 5.41) is 0. The first-order valence-corrected chi connectivity index (χ1v) is 7.43. The van der Waals surface area contributed by atoms with E-state index < -0.39 is 0 Å². The molecule has 0 bridgehead atoms. The summed E-state index contributed by atoms with van der Waals surface area (Å²) in [6.45, 7) is 10.8. The lowest BCUT2D eigenvalue weighted by molar-refractivity contribution is 0.626. The Hall–Kier alpha value is -1.57. The molecular weight excluding hydrogens is 244 g/mol. The van der Waals surface area contributed by atoms with Crippen LogP contribution in [0.5, 0.6) is 0 Å². The van der Waals surface area contributed by atoms with Crippen LogP contribution in [0.3, 0.4) is 0 Å². The fourth-order valence-corrected chi connectivity index (χ4v) is 1.44. The Morgan fingerprint density at radius 3 is 2.35 bits per heavy atom. The first kappa shape index (κ1) is 18.4. The van der Waals surface area contributed by atoms with Gasteiger partial charge in [0.2, 0.25) is 0 Å². The Bertz CT molecular complexity index is 443. The van der Waals surface area contributed by atoms with Gasteiger partial charge in [-0.2, -0.15) is 0 Å². The van der Waals surface area contributed by atoms with E-state index in [0.717, 1.165) is 18.0 Å². The number of aliphatic imine (C=N–C) groups is 1. The van der Waals surface area contributed by atoms with E-state index in [4.69, 9.17) is 5.73 Å². The molecule has 0 fully saturated rings. The molecule has 0 saturated carbocycles. The molecule has 0 spiro atoms. The third-order valence-corrected chi connectivity index (χ3v) is 3.27. The molecule has 0 heterocycles. The minimum atomic E-state index is 0.873. The zero-order valence-corrected chi connectivity index (χ0v) is 13.9. The predicted molar refractivity (Wildman–Crippen MR) is 93.4 cm³/mol. The molecule has 0 aliphatic heterocycles. The molecule has 1 rings (SSSR count). The van der Waals surface area contributed by atoms with Crippen molar-refractivity contribution in [1.29, 1.82) is 0 Å². The number of rotatable bonds is 4. The van der Waals surface area contributed by atoms with E-state index in [1.54, 1.807) is 13.3 Å². The lowest BCUT2D eigenvalue weighted by Gasteiger charge is -2.06. The van der Waals surface area contributed by atoms with Crippen molar-refractivity contribution in [2.24, 2.45) is 10.9 Å². The fourth-order valence-electron chi connectivity index (χ4n) is 1.44. The molecule has 0 atom stereocenters. The van der Waals surface area contributed by atoms with E-state index in [9.17, 15) is 0 Å². The summed E-state index contributed by atoms with van der Waals surface area (Å²) in [4.78, 5) is 3.94. The third kappa shape index (κ3) is 7.13. The summed E-state index contributed by atoms with van der Waals surface area (Å²) in [6, 6.07) is 6.16. The number of aryl methyl sites for hydroxylation is 1. The molecule has 1 aromatic rings. The van der Waals surface area contributed by atoms with Gasteiger partial charge in [-0.3, -0.25) is 4.99 Å². The maximum atomic E-state index is 5.85. The van der Waals surface area contributed by atoms with Crippen molar-refractivity contribution in [3.05, 3.63) is 35.4 Å². The quantitative estimate of drug-likeness (QED) is 0.610. The van der Waals surface area contributed by atoms with Gasteiger partial charge in [0.15, 0.2) is 0 Å². The van der Waals surface area contributed by atoms with Crippen molar-refractivity contribution in [3.8, 4) is 0 Å². The van der Waals surface area contributed by atoms with Gasteiger partial charge in [0.05, 0.1) is 0 Å². The molecule has 1 aromatic carbocycles. The molecule has 0 saturated heterocycles. The SMILES string of the molecule is CCC(C)C.CCc1cc(/C(C)=C/C=NC)ccc1N. The summed E-state index contributed by atoms with van der Waals surface area (Å²) in [7, 11) is 1.77. The highest BCUT2D eigenvalue weighted by Gasteiger charge is 2.00. The summed E-state index contributed by atoms with van der Waals surface area (Å²) in [6.07, 6.45) is 6.08.